The van der Waals surface area contributed by atoms with Crippen molar-refractivity contribution in [2.75, 3.05) is 13.7 Å². The molecular weight excluding hydrogens is 196 g/mol. The Morgan fingerprint density at radius 2 is 1.73 bits per heavy atom. The molecule has 88 valence electrons. The van der Waals surface area contributed by atoms with Crippen molar-refractivity contribution in [3.05, 3.63) is 0 Å². The first kappa shape index (κ1) is 14.1. The Balaban J connectivity index is 4.54. The Morgan fingerprint density at radius 1 is 1.13 bits per heavy atom. The van der Waals surface area contributed by atoms with Crippen molar-refractivity contribution in [1.82, 2.24) is 0 Å². The minimum absolute atomic E-state index is 0.172. The maximum Gasteiger partial charge on any atom is 0.316 e. The summed E-state index contributed by atoms with van der Waals surface area (Å²) < 4.78 is 9.85. The van der Waals surface area contributed by atoms with E-state index in [1.54, 1.807) is 6.92 Å². The third-order valence-corrected chi connectivity index (χ3v) is 2.29. The molecule has 0 spiro atoms. The van der Waals surface area contributed by atoms with Crippen LogP contribution in [0.4, 0.5) is 0 Å². The molecular formula is C11H20O4. The van der Waals surface area contributed by atoms with Crippen molar-refractivity contribution in [3.63, 3.8) is 0 Å². The Bertz CT molecular complexity index is 213. The first-order valence-corrected chi connectivity index (χ1v) is 5.35. The number of ether oxygens (including phenoxy) is 2. The zero-order valence-electron chi connectivity index (χ0n) is 9.91. The molecule has 0 aromatic rings. The van der Waals surface area contributed by atoms with E-state index < -0.39 is 18.0 Å². The standard InChI is InChI=1S/C11H20O4/c1-5-8(11(13)14-4)10(12)9(6-2)15-7-3/h8-9H,5-7H2,1-4H3. The van der Waals surface area contributed by atoms with Crippen LogP contribution >= 0.6 is 0 Å². The van der Waals surface area contributed by atoms with Crippen molar-refractivity contribution in [1.29, 1.82) is 0 Å². The van der Waals surface area contributed by atoms with Gasteiger partial charge in [0.05, 0.1) is 7.11 Å². The maximum atomic E-state index is 11.9. The molecule has 2 atom stereocenters. The number of hydrogen-bond donors (Lipinski definition) is 0. The van der Waals surface area contributed by atoms with Crippen LogP contribution in [-0.4, -0.2) is 31.6 Å². The van der Waals surface area contributed by atoms with Crippen molar-refractivity contribution >= 4 is 11.8 Å². The highest BCUT2D eigenvalue weighted by atomic mass is 16.5. The second-order valence-corrected chi connectivity index (χ2v) is 3.24. The Kier molecular flexibility index (Phi) is 6.96. The summed E-state index contributed by atoms with van der Waals surface area (Å²) in [4.78, 5) is 23.2. The van der Waals surface area contributed by atoms with Crippen LogP contribution in [0.25, 0.3) is 0 Å². The third kappa shape index (κ3) is 4.00. The van der Waals surface area contributed by atoms with Crippen molar-refractivity contribution < 1.29 is 19.1 Å². The summed E-state index contributed by atoms with van der Waals surface area (Å²) in [5, 5.41) is 0. The number of ketones is 1. The largest absolute Gasteiger partial charge is 0.468 e. The fourth-order valence-corrected chi connectivity index (χ4v) is 1.45. The van der Waals surface area contributed by atoms with E-state index in [9.17, 15) is 9.59 Å². The molecule has 0 radical (unpaired) electrons. The smallest absolute Gasteiger partial charge is 0.316 e. The molecule has 0 saturated heterocycles. The zero-order valence-corrected chi connectivity index (χ0v) is 9.91. The maximum absolute atomic E-state index is 11.9. The lowest BCUT2D eigenvalue weighted by Gasteiger charge is -2.18. The molecule has 0 amide bonds. The molecule has 4 heteroatoms. The molecule has 0 aliphatic carbocycles. The summed E-state index contributed by atoms with van der Waals surface area (Å²) in [5.41, 5.74) is 0. The topological polar surface area (TPSA) is 52.6 Å². The Morgan fingerprint density at radius 3 is 2.07 bits per heavy atom. The molecule has 2 unspecified atom stereocenters. The summed E-state index contributed by atoms with van der Waals surface area (Å²) >= 11 is 0. The first-order valence-electron chi connectivity index (χ1n) is 5.35. The average molecular weight is 216 g/mol. The van der Waals surface area contributed by atoms with Gasteiger partial charge in [0.1, 0.15) is 12.0 Å². The molecule has 0 heterocycles. The number of hydrogen-bond acceptors (Lipinski definition) is 4. The fraction of sp³-hybridized carbons (Fsp3) is 0.818. The molecule has 0 bridgehead atoms. The van der Waals surface area contributed by atoms with Crippen LogP contribution in [0.1, 0.15) is 33.6 Å². The van der Waals surface area contributed by atoms with E-state index in [2.05, 4.69) is 4.74 Å². The zero-order chi connectivity index (χ0) is 11.8. The molecule has 0 aromatic heterocycles. The lowest BCUT2D eigenvalue weighted by molar-refractivity contribution is -0.153. The molecule has 0 saturated carbocycles. The molecule has 0 rings (SSSR count). The van der Waals surface area contributed by atoms with E-state index in [4.69, 9.17) is 4.74 Å². The minimum atomic E-state index is -0.688. The third-order valence-electron chi connectivity index (χ3n) is 2.29. The highest BCUT2D eigenvalue weighted by Gasteiger charge is 2.31. The van der Waals surface area contributed by atoms with Crippen molar-refractivity contribution in [3.8, 4) is 0 Å². The van der Waals surface area contributed by atoms with Gasteiger partial charge in [0.2, 0.25) is 0 Å². The number of rotatable bonds is 7. The van der Waals surface area contributed by atoms with Crippen LogP contribution in [0.3, 0.4) is 0 Å². The van der Waals surface area contributed by atoms with Crippen molar-refractivity contribution in [2.45, 2.75) is 39.7 Å². The monoisotopic (exact) mass is 216 g/mol. The van der Waals surface area contributed by atoms with E-state index in [1.165, 1.54) is 7.11 Å². The molecule has 0 aromatic carbocycles. The van der Waals surface area contributed by atoms with E-state index in [0.29, 0.717) is 19.4 Å². The lowest BCUT2D eigenvalue weighted by atomic mass is 9.96. The van der Waals surface area contributed by atoms with Gasteiger partial charge in [0, 0.05) is 6.61 Å². The summed E-state index contributed by atoms with van der Waals surface area (Å²) in [5.74, 6) is -1.33. The summed E-state index contributed by atoms with van der Waals surface area (Å²) in [6.07, 6.45) is 0.550. The Hall–Kier alpha value is -0.900. The molecule has 0 aliphatic heterocycles. The van der Waals surface area contributed by atoms with E-state index in [-0.39, 0.29) is 5.78 Å². The first-order chi connectivity index (χ1) is 7.12. The van der Waals surface area contributed by atoms with Gasteiger partial charge < -0.3 is 9.47 Å². The molecule has 4 nitrogen and oxygen atoms in total. The van der Waals surface area contributed by atoms with E-state index in [1.807, 2.05) is 13.8 Å². The number of methoxy groups -OCH3 is 1. The molecule has 0 aliphatic rings. The van der Waals surface area contributed by atoms with Gasteiger partial charge in [-0.2, -0.15) is 0 Å². The SMILES string of the molecule is CCOC(CC)C(=O)C(CC)C(=O)OC. The molecule has 0 N–H and O–H groups in total. The number of esters is 1. The fourth-order valence-electron chi connectivity index (χ4n) is 1.45. The summed E-state index contributed by atoms with van der Waals surface area (Å²) in [6, 6.07) is 0. The van der Waals surface area contributed by atoms with Crippen LogP contribution in [0.2, 0.25) is 0 Å². The predicted octanol–water partition coefficient (Wildman–Crippen LogP) is 1.57. The van der Waals surface area contributed by atoms with Gasteiger partial charge in [-0.15, -0.1) is 0 Å². The van der Waals surface area contributed by atoms with Gasteiger partial charge in [-0.25, -0.2) is 0 Å². The minimum Gasteiger partial charge on any atom is -0.468 e. The number of Topliss-reactive ketones (excluding diaryl/α,β-unsaturated/α-hetero) is 1. The summed E-state index contributed by atoms with van der Waals surface area (Å²) in [7, 11) is 1.29. The second kappa shape index (κ2) is 7.40. The van der Waals surface area contributed by atoms with Crippen LogP contribution in [0.15, 0.2) is 0 Å². The lowest BCUT2D eigenvalue weighted by Crippen LogP contribution is -2.35. The van der Waals surface area contributed by atoms with Crippen LogP contribution < -0.4 is 0 Å². The second-order valence-electron chi connectivity index (χ2n) is 3.24. The highest BCUT2D eigenvalue weighted by molar-refractivity contribution is 6.01. The normalized spacial score (nSPS) is 14.4. The van der Waals surface area contributed by atoms with Gasteiger partial charge in [-0.1, -0.05) is 13.8 Å². The van der Waals surface area contributed by atoms with Gasteiger partial charge in [0.15, 0.2) is 5.78 Å². The average Bonchev–Trinajstić information content (AvgIpc) is 2.26. The number of carbonyl (C=O) groups is 2. The van der Waals surface area contributed by atoms with Gasteiger partial charge in [0.25, 0.3) is 0 Å². The molecule has 15 heavy (non-hydrogen) atoms. The van der Waals surface area contributed by atoms with Gasteiger partial charge in [-0.3, -0.25) is 9.59 Å². The van der Waals surface area contributed by atoms with Gasteiger partial charge in [-0.05, 0) is 19.8 Å². The van der Waals surface area contributed by atoms with Gasteiger partial charge >= 0.3 is 5.97 Å². The highest BCUT2D eigenvalue weighted by Crippen LogP contribution is 2.13. The molecule has 0 fully saturated rings. The van der Waals surface area contributed by atoms with E-state index in [0.717, 1.165) is 0 Å². The van der Waals surface area contributed by atoms with E-state index >= 15 is 0 Å². The summed E-state index contributed by atoms with van der Waals surface area (Å²) in [6.45, 7) is 5.96. The predicted molar refractivity (Wildman–Crippen MR) is 56.5 cm³/mol. The van der Waals surface area contributed by atoms with Crippen LogP contribution in [0, 0.1) is 5.92 Å². The van der Waals surface area contributed by atoms with Crippen LogP contribution in [-0.2, 0) is 19.1 Å². The number of carbonyl (C=O) groups excluding carboxylic acids is 2. The quantitative estimate of drug-likeness (QED) is 0.479. The van der Waals surface area contributed by atoms with Crippen LogP contribution in [0.5, 0.6) is 0 Å². The Labute approximate surface area is 90.9 Å². The van der Waals surface area contributed by atoms with Crippen molar-refractivity contribution in [2.24, 2.45) is 5.92 Å².